The number of carbonyl (C=O) groups excluding carboxylic acids is 2. The predicted molar refractivity (Wildman–Crippen MR) is 75.9 cm³/mol. The van der Waals surface area contributed by atoms with Gasteiger partial charge in [-0.05, 0) is 11.6 Å². The molecule has 1 aliphatic rings. The van der Waals surface area contributed by atoms with Crippen molar-refractivity contribution in [2.24, 2.45) is 5.73 Å². The second-order valence-electron chi connectivity index (χ2n) is 4.87. The molecule has 0 aliphatic carbocycles. The van der Waals surface area contributed by atoms with Crippen molar-refractivity contribution in [2.75, 3.05) is 31.6 Å². The van der Waals surface area contributed by atoms with Gasteiger partial charge in [0, 0.05) is 32.4 Å². The van der Waals surface area contributed by atoms with Gasteiger partial charge < -0.3 is 20.6 Å². The quantitative estimate of drug-likeness (QED) is 0.736. The summed E-state index contributed by atoms with van der Waals surface area (Å²) in [6, 6.07) is 6.64. The number of nitrogens with zero attached hydrogens (tertiary/aromatic N) is 2. The number of amides is 2. The standard InChI is InChI=1S/C14H17N3O4/c1-16-6-7-17(13(19)12(16)18)11-5-3-2-4-9(11)10(8-15)14(20)21/h2-5,10H,6-8,15H2,1H3,(H,20,21). The van der Waals surface area contributed by atoms with Gasteiger partial charge >= 0.3 is 17.8 Å². The number of para-hydroxylation sites is 1. The molecule has 1 heterocycles. The van der Waals surface area contributed by atoms with Gasteiger partial charge in [-0.2, -0.15) is 0 Å². The second-order valence-corrected chi connectivity index (χ2v) is 4.87. The monoisotopic (exact) mass is 291 g/mol. The van der Waals surface area contributed by atoms with Crippen molar-refractivity contribution in [1.82, 2.24) is 4.90 Å². The van der Waals surface area contributed by atoms with E-state index in [-0.39, 0.29) is 6.54 Å². The molecule has 2 amide bonds. The summed E-state index contributed by atoms with van der Waals surface area (Å²) >= 11 is 0. The number of carbonyl (C=O) groups is 3. The molecule has 0 spiro atoms. The molecule has 21 heavy (non-hydrogen) atoms. The van der Waals surface area contributed by atoms with Gasteiger partial charge in [0.25, 0.3) is 0 Å². The largest absolute Gasteiger partial charge is 0.481 e. The fourth-order valence-corrected chi connectivity index (χ4v) is 2.35. The van der Waals surface area contributed by atoms with Gasteiger partial charge in [-0.25, -0.2) is 0 Å². The summed E-state index contributed by atoms with van der Waals surface area (Å²) in [6.07, 6.45) is 0. The normalized spacial score (nSPS) is 17.0. The summed E-state index contributed by atoms with van der Waals surface area (Å²) in [5.41, 5.74) is 6.40. The molecule has 1 aromatic rings. The number of piperazine rings is 1. The molecular weight excluding hydrogens is 274 g/mol. The molecular formula is C14H17N3O4. The molecule has 1 aliphatic heterocycles. The number of carboxylic acid groups (broad SMARTS) is 1. The van der Waals surface area contributed by atoms with Crippen LogP contribution in [0, 0.1) is 0 Å². The minimum Gasteiger partial charge on any atom is -0.481 e. The zero-order chi connectivity index (χ0) is 15.6. The molecule has 3 N–H and O–H groups in total. The molecule has 0 bridgehead atoms. The highest BCUT2D eigenvalue weighted by atomic mass is 16.4. The third kappa shape index (κ3) is 2.73. The Balaban J connectivity index is 2.43. The molecule has 0 radical (unpaired) electrons. The molecule has 0 aromatic heterocycles. The maximum atomic E-state index is 12.1. The van der Waals surface area contributed by atoms with E-state index in [1.807, 2.05) is 0 Å². The van der Waals surface area contributed by atoms with Crippen LogP contribution >= 0.6 is 0 Å². The lowest BCUT2D eigenvalue weighted by atomic mass is 9.96. The highest BCUT2D eigenvalue weighted by Crippen LogP contribution is 2.28. The number of aliphatic carboxylic acids is 1. The van der Waals surface area contributed by atoms with Crippen LogP contribution in [0.15, 0.2) is 24.3 Å². The maximum absolute atomic E-state index is 12.1. The van der Waals surface area contributed by atoms with E-state index in [0.717, 1.165) is 0 Å². The molecule has 1 fully saturated rings. The molecule has 1 unspecified atom stereocenters. The third-order valence-corrected chi connectivity index (χ3v) is 3.57. The van der Waals surface area contributed by atoms with Crippen LogP contribution in [0.2, 0.25) is 0 Å². The SMILES string of the molecule is CN1CCN(c2ccccc2C(CN)C(=O)O)C(=O)C1=O. The highest BCUT2D eigenvalue weighted by molar-refractivity contribution is 6.41. The van der Waals surface area contributed by atoms with Crippen molar-refractivity contribution >= 4 is 23.5 Å². The first-order valence-electron chi connectivity index (χ1n) is 6.56. The zero-order valence-electron chi connectivity index (χ0n) is 11.7. The summed E-state index contributed by atoms with van der Waals surface area (Å²) in [5, 5.41) is 9.25. The Morgan fingerprint density at radius 2 is 1.95 bits per heavy atom. The van der Waals surface area contributed by atoms with Crippen LogP contribution in [0.1, 0.15) is 11.5 Å². The van der Waals surface area contributed by atoms with Crippen molar-refractivity contribution < 1.29 is 19.5 Å². The second kappa shape index (κ2) is 5.92. The van der Waals surface area contributed by atoms with Crippen LogP contribution < -0.4 is 10.6 Å². The molecule has 7 nitrogen and oxygen atoms in total. The van der Waals surface area contributed by atoms with Crippen LogP contribution in [0.25, 0.3) is 0 Å². The number of hydrogen-bond acceptors (Lipinski definition) is 4. The molecule has 1 saturated heterocycles. The Hall–Kier alpha value is -2.41. The Labute approximate surface area is 121 Å². The predicted octanol–water partition coefficient (Wildman–Crippen LogP) is -0.381. The van der Waals surface area contributed by atoms with Crippen molar-refractivity contribution in [3.05, 3.63) is 29.8 Å². The summed E-state index contributed by atoms with van der Waals surface area (Å²) in [7, 11) is 1.56. The topological polar surface area (TPSA) is 104 Å². The van der Waals surface area contributed by atoms with E-state index >= 15 is 0 Å². The van der Waals surface area contributed by atoms with E-state index in [0.29, 0.717) is 24.3 Å². The van der Waals surface area contributed by atoms with Gasteiger partial charge in [-0.1, -0.05) is 18.2 Å². The minimum absolute atomic E-state index is 0.0811. The number of carboxylic acids is 1. The van der Waals surface area contributed by atoms with E-state index in [1.165, 1.54) is 9.80 Å². The van der Waals surface area contributed by atoms with E-state index in [4.69, 9.17) is 5.73 Å². The van der Waals surface area contributed by atoms with Crippen molar-refractivity contribution in [2.45, 2.75) is 5.92 Å². The fraction of sp³-hybridized carbons (Fsp3) is 0.357. The molecule has 112 valence electrons. The molecule has 1 atom stereocenters. The Bertz CT molecular complexity index is 587. The molecule has 7 heteroatoms. The first-order chi connectivity index (χ1) is 9.97. The van der Waals surface area contributed by atoms with Crippen LogP contribution in [0.4, 0.5) is 5.69 Å². The third-order valence-electron chi connectivity index (χ3n) is 3.57. The zero-order valence-corrected chi connectivity index (χ0v) is 11.7. The summed E-state index contributed by atoms with van der Waals surface area (Å²) in [4.78, 5) is 37.9. The number of anilines is 1. The fourth-order valence-electron chi connectivity index (χ4n) is 2.35. The van der Waals surface area contributed by atoms with Gasteiger partial charge in [0.2, 0.25) is 0 Å². The average molecular weight is 291 g/mol. The van der Waals surface area contributed by atoms with Gasteiger partial charge in [0.1, 0.15) is 0 Å². The summed E-state index contributed by atoms with van der Waals surface area (Å²) < 4.78 is 0. The Morgan fingerprint density at radius 1 is 1.29 bits per heavy atom. The molecule has 1 aromatic carbocycles. The average Bonchev–Trinajstić information content (AvgIpc) is 2.46. The maximum Gasteiger partial charge on any atom is 0.316 e. The van der Waals surface area contributed by atoms with E-state index in [1.54, 1.807) is 31.3 Å². The molecule has 0 saturated carbocycles. The van der Waals surface area contributed by atoms with Crippen molar-refractivity contribution in [3.63, 3.8) is 0 Å². The number of likely N-dealkylation sites (N-methyl/N-ethyl adjacent to an activating group) is 1. The Kier molecular flexibility index (Phi) is 4.23. The van der Waals surface area contributed by atoms with Crippen LogP contribution in [-0.2, 0) is 14.4 Å². The van der Waals surface area contributed by atoms with Crippen LogP contribution in [0.5, 0.6) is 0 Å². The lowest BCUT2D eigenvalue weighted by Crippen LogP contribution is -2.53. The number of nitrogens with two attached hydrogens (primary N) is 1. The highest BCUT2D eigenvalue weighted by Gasteiger charge is 2.33. The van der Waals surface area contributed by atoms with E-state index in [2.05, 4.69) is 0 Å². The first kappa shape index (κ1) is 15.0. The Morgan fingerprint density at radius 3 is 2.57 bits per heavy atom. The lowest BCUT2D eigenvalue weighted by molar-refractivity contribution is -0.145. The molecule has 2 rings (SSSR count). The van der Waals surface area contributed by atoms with Crippen molar-refractivity contribution in [1.29, 1.82) is 0 Å². The van der Waals surface area contributed by atoms with Crippen LogP contribution in [-0.4, -0.2) is 54.5 Å². The number of rotatable bonds is 4. The summed E-state index contributed by atoms with van der Waals surface area (Å²) in [5.74, 6) is -3.23. The van der Waals surface area contributed by atoms with Gasteiger partial charge in [0.15, 0.2) is 0 Å². The minimum atomic E-state index is -1.06. The van der Waals surface area contributed by atoms with Crippen LogP contribution in [0.3, 0.4) is 0 Å². The van der Waals surface area contributed by atoms with Gasteiger partial charge in [-0.3, -0.25) is 14.4 Å². The smallest absolute Gasteiger partial charge is 0.316 e. The van der Waals surface area contributed by atoms with Gasteiger partial charge in [-0.15, -0.1) is 0 Å². The van der Waals surface area contributed by atoms with E-state index in [9.17, 15) is 19.5 Å². The summed E-state index contributed by atoms with van der Waals surface area (Å²) in [6.45, 7) is 0.649. The van der Waals surface area contributed by atoms with E-state index < -0.39 is 23.7 Å². The van der Waals surface area contributed by atoms with Gasteiger partial charge in [0.05, 0.1) is 5.92 Å². The lowest BCUT2D eigenvalue weighted by Gasteiger charge is -2.33. The first-order valence-corrected chi connectivity index (χ1v) is 6.56. The number of benzene rings is 1. The van der Waals surface area contributed by atoms with Crippen molar-refractivity contribution in [3.8, 4) is 0 Å². The number of hydrogen-bond donors (Lipinski definition) is 2.